The van der Waals surface area contributed by atoms with Gasteiger partial charge in [-0.2, -0.15) is 0 Å². The molecule has 0 radical (unpaired) electrons. The molecule has 5 aliphatic rings. The fourth-order valence-corrected chi connectivity index (χ4v) is 8.75. The van der Waals surface area contributed by atoms with Crippen molar-refractivity contribution in [3.8, 4) is 0 Å². The summed E-state index contributed by atoms with van der Waals surface area (Å²) in [5.41, 5.74) is -0.209. The summed E-state index contributed by atoms with van der Waals surface area (Å²) in [5, 5.41) is 4.96. The number of sulfonamides is 1. The van der Waals surface area contributed by atoms with Crippen LogP contribution in [0, 0.1) is 5.92 Å². The van der Waals surface area contributed by atoms with Crippen molar-refractivity contribution < 1.29 is 41.9 Å². The zero-order chi connectivity index (χ0) is 35.8. The van der Waals surface area contributed by atoms with E-state index in [4.69, 9.17) is 9.47 Å². The number of nitrogens with zero attached hydrogens (tertiary/aromatic N) is 2. The molecule has 0 unspecified atom stereocenters. The minimum Gasteiger partial charge on any atom is -0.444 e. The Labute approximate surface area is 293 Å². The highest BCUT2D eigenvalue weighted by molar-refractivity contribution is 7.91. The molecule has 50 heavy (non-hydrogen) atoms. The highest BCUT2D eigenvalue weighted by Crippen LogP contribution is 2.48. The molecule has 3 heterocycles. The maximum atomic E-state index is 14.3. The average molecular weight is 716 g/mol. The number of hydrogen-bond donors (Lipinski definition) is 3. The van der Waals surface area contributed by atoms with Gasteiger partial charge in [0.15, 0.2) is 0 Å². The number of carbonyl (C=O) groups is 5. The summed E-state index contributed by atoms with van der Waals surface area (Å²) in [7, 11) is -3.87. The molecule has 0 bridgehead atoms. The van der Waals surface area contributed by atoms with Gasteiger partial charge in [-0.25, -0.2) is 18.0 Å². The summed E-state index contributed by atoms with van der Waals surface area (Å²) < 4.78 is 39.1. The van der Waals surface area contributed by atoms with Gasteiger partial charge < -0.3 is 25.0 Å². The van der Waals surface area contributed by atoms with Crippen molar-refractivity contribution in [1.29, 1.82) is 0 Å². The molecule has 5 amide bonds. The van der Waals surface area contributed by atoms with E-state index < -0.39 is 74.5 Å². The van der Waals surface area contributed by atoms with Crippen molar-refractivity contribution in [3.05, 3.63) is 35.4 Å². The SMILES string of the molecule is CC(C)(C)OC(=O)N[C@H]1CCCCCCC[C@@H]2C[C@@]2(C(=O)NS(=O)(=O)C2CC2)NC(=O)[C@@H]2C[C@@H](OC(=O)N3Cc4ccccc4C3)CN2C1=O. The minimum absolute atomic E-state index is 0.0357. The lowest BCUT2D eigenvalue weighted by molar-refractivity contribution is -0.141. The van der Waals surface area contributed by atoms with Gasteiger partial charge in [0.05, 0.1) is 11.8 Å². The average Bonchev–Trinajstić information content (AvgIpc) is 3.92. The van der Waals surface area contributed by atoms with Crippen molar-refractivity contribution in [2.75, 3.05) is 6.54 Å². The van der Waals surface area contributed by atoms with Gasteiger partial charge in [0.2, 0.25) is 21.8 Å². The van der Waals surface area contributed by atoms with Gasteiger partial charge in [0, 0.05) is 19.5 Å². The molecule has 4 fully saturated rings. The molecule has 15 heteroatoms. The molecular weight excluding hydrogens is 666 g/mol. The first-order valence-corrected chi connectivity index (χ1v) is 19.4. The van der Waals surface area contributed by atoms with E-state index in [-0.39, 0.29) is 25.3 Å². The van der Waals surface area contributed by atoms with Crippen molar-refractivity contribution in [2.24, 2.45) is 5.92 Å². The Morgan fingerprint density at radius 1 is 0.940 bits per heavy atom. The number of alkyl carbamates (subject to hydrolysis) is 1. The normalized spacial score (nSPS) is 28.9. The Kier molecular flexibility index (Phi) is 10.1. The van der Waals surface area contributed by atoms with Gasteiger partial charge in [-0.15, -0.1) is 0 Å². The summed E-state index contributed by atoms with van der Waals surface area (Å²) in [6.07, 6.45) is 3.92. The van der Waals surface area contributed by atoms with E-state index in [9.17, 15) is 32.4 Å². The first-order valence-electron chi connectivity index (χ1n) is 17.9. The molecule has 0 aromatic heterocycles. The van der Waals surface area contributed by atoms with Crippen LogP contribution in [0.2, 0.25) is 0 Å². The number of benzene rings is 1. The molecule has 2 aliphatic carbocycles. The predicted octanol–water partition coefficient (Wildman–Crippen LogP) is 3.23. The van der Waals surface area contributed by atoms with E-state index >= 15 is 0 Å². The van der Waals surface area contributed by atoms with Gasteiger partial charge >= 0.3 is 12.2 Å². The van der Waals surface area contributed by atoms with Crippen LogP contribution >= 0.6 is 0 Å². The van der Waals surface area contributed by atoms with Crippen LogP contribution in [-0.4, -0.2) is 89.2 Å². The van der Waals surface area contributed by atoms with E-state index in [1.54, 1.807) is 25.7 Å². The highest BCUT2D eigenvalue weighted by atomic mass is 32.2. The molecule has 2 saturated carbocycles. The first kappa shape index (κ1) is 35.9. The second kappa shape index (κ2) is 14.0. The number of rotatable bonds is 5. The number of amides is 5. The number of nitrogens with one attached hydrogen (secondary N) is 3. The molecule has 3 aliphatic heterocycles. The standard InChI is InChI=1S/C35H49N5O9S/c1-34(2,3)49-32(44)36-27-14-8-6-4-5-7-13-24-18-35(24,31(43)38-50(46,47)26-15-16-26)37-29(41)28-17-25(21-40(28)30(27)42)48-33(45)39-19-22-11-9-10-12-23(22)20-39/h9-12,24-28H,4-8,13-21H2,1-3H3,(H,36,44)(H,37,41)(H,38,43)/t24-,25-,27+,28+,35-/m1/s1. The van der Waals surface area contributed by atoms with Gasteiger partial charge in [-0.1, -0.05) is 56.4 Å². The Hall–Kier alpha value is -3.88. The molecule has 14 nitrogen and oxygen atoms in total. The Bertz CT molecular complexity index is 1600. The summed E-state index contributed by atoms with van der Waals surface area (Å²) in [5.74, 6) is -2.19. The zero-order valence-electron chi connectivity index (χ0n) is 29.1. The monoisotopic (exact) mass is 715 g/mol. The third-order valence-corrected chi connectivity index (χ3v) is 12.1. The maximum absolute atomic E-state index is 14.3. The van der Waals surface area contributed by atoms with Crippen LogP contribution in [0.5, 0.6) is 0 Å². The molecule has 1 aromatic carbocycles. The topological polar surface area (TPSA) is 181 Å². The third kappa shape index (κ3) is 8.18. The van der Waals surface area contributed by atoms with E-state index in [1.165, 1.54) is 4.90 Å². The number of fused-ring (bicyclic) bond motifs is 3. The second-order valence-corrected chi connectivity index (χ2v) is 17.4. The van der Waals surface area contributed by atoms with E-state index in [0.29, 0.717) is 45.2 Å². The molecule has 2 saturated heterocycles. The fraction of sp³-hybridized carbons (Fsp3) is 0.686. The first-order chi connectivity index (χ1) is 23.6. The van der Waals surface area contributed by atoms with Crippen LogP contribution in [0.1, 0.15) is 103 Å². The van der Waals surface area contributed by atoms with Crippen LogP contribution in [0.4, 0.5) is 9.59 Å². The van der Waals surface area contributed by atoms with Gasteiger partial charge in [0.1, 0.15) is 29.3 Å². The summed E-state index contributed by atoms with van der Waals surface area (Å²) in [6.45, 7) is 5.80. The largest absolute Gasteiger partial charge is 0.444 e. The number of carbonyl (C=O) groups excluding carboxylic acids is 5. The molecule has 0 spiro atoms. The quantitative estimate of drug-likeness (QED) is 0.413. The third-order valence-electron chi connectivity index (χ3n) is 10.3. The van der Waals surface area contributed by atoms with Gasteiger partial charge in [-0.05, 0) is 69.9 Å². The van der Waals surface area contributed by atoms with E-state index in [2.05, 4.69) is 15.4 Å². The van der Waals surface area contributed by atoms with E-state index in [0.717, 1.165) is 36.8 Å². The van der Waals surface area contributed by atoms with Crippen molar-refractivity contribution in [3.63, 3.8) is 0 Å². The van der Waals surface area contributed by atoms with Crippen molar-refractivity contribution >= 4 is 39.9 Å². The van der Waals surface area contributed by atoms with Gasteiger partial charge in [-0.3, -0.25) is 24.0 Å². The second-order valence-electron chi connectivity index (χ2n) is 15.5. The summed E-state index contributed by atoms with van der Waals surface area (Å²) >= 11 is 0. The maximum Gasteiger partial charge on any atom is 0.410 e. The van der Waals surface area contributed by atoms with Crippen LogP contribution in [0.25, 0.3) is 0 Å². The van der Waals surface area contributed by atoms with Crippen molar-refractivity contribution in [1.82, 2.24) is 25.2 Å². The predicted molar refractivity (Wildman–Crippen MR) is 181 cm³/mol. The molecule has 3 N–H and O–H groups in total. The zero-order valence-corrected chi connectivity index (χ0v) is 29.9. The molecule has 5 atom stereocenters. The van der Waals surface area contributed by atoms with Crippen LogP contribution in [0.15, 0.2) is 24.3 Å². The van der Waals surface area contributed by atoms with Crippen LogP contribution < -0.4 is 15.4 Å². The fourth-order valence-electron chi connectivity index (χ4n) is 7.38. The smallest absolute Gasteiger partial charge is 0.410 e. The summed E-state index contributed by atoms with van der Waals surface area (Å²) in [4.78, 5) is 71.2. The molecule has 6 rings (SSSR count). The molecular formula is C35H49N5O9S. The highest BCUT2D eigenvalue weighted by Gasteiger charge is 2.62. The van der Waals surface area contributed by atoms with Gasteiger partial charge in [0.25, 0.3) is 5.91 Å². The Balaban J connectivity index is 1.24. The summed E-state index contributed by atoms with van der Waals surface area (Å²) in [6, 6.07) is 5.55. The molecule has 1 aromatic rings. The Morgan fingerprint density at radius 3 is 2.22 bits per heavy atom. The minimum atomic E-state index is -3.87. The van der Waals surface area contributed by atoms with E-state index in [1.807, 2.05) is 24.3 Å². The lowest BCUT2D eigenvalue weighted by atomic mass is 10.0. The Morgan fingerprint density at radius 2 is 1.58 bits per heavy atom. The van der Waals surface area contributed by atoms with Crippen molar-refractivity contribution in [2.45, 2.75) is 139 Å². The van der Waals surface area contributed by atoms with Crippen LogP contribution in [-0.2, 0) is 47.0 Å². The lowest BCUT2D eigenvalue weighted by Gasteiger charge is -2.30. The van der Waals surface area contributed by atoms with Crippen LogP contribution in [0.3, 0.4) is 0 Å². The number of ether oxygens (including phenoxy) is 2. The number of hydrogen-bond acceptors (Lipinski definition) is 9. The molecule has 274 valence electrons. The lowest BCUT2D eigenvalue weighted by Crippen LogP contribution is -2.58.